The molecule has 1 aromatic rings. The fraction of sp³-hybridized carbons (Fsp3) is 0.633. The van der Waals surface area contributed by atoms with E-state index in [2.05, 4.69) is 20.4 Å². The van der Waals surface area contributed by atoms with E-state index in [1.165, 1.54) is 38.6 Å². The lowest BCUT2D eigenvalue weighted by molar-refractivity contribution is -0.192. The molecule has 4 amide bonds. The summed E-state index contributed by atoms with van der Waals surface area (Å²) in [6.45, 7) is 7.78. The highest BCUT2D eigenvalue weighted by Gasteiger charge is 2.45. The lowest BCUT2D eigenvalue weighted by Gasteiger charge is -2.49. The number of piperidine rings is 4. The maximum atomic E-state index is 13.3. The molecule has 11 nitrogen and oxygen atoms in total. The third kappa shape index (κ3) is 6.90. The normalized spacial score (nSPS) is 24.6. The first kappa shape index (κ1) is 31.9. The van der Waals surface area contributed by atoms with E-state index in [1.54, 1.807) is 6.07 Å². The van der Waals surface area contributed by atoms with Crippen molar-refractivity contribution in [3.63, 3.8) is 0 Å². The van der Waals surface area contributed by atoms with Gasteiger partial charge in [0.2, 0.25) is 11.8 Å². The van der Waals surface area contributed by atoms with Gasteiger partial charge in [0.05, 0.1) is 11.1 Å². The number of alkyl halides is 3. The molecule has 14 heteroatoms. The molecule has 4 fully saturated rings. The van der Waals surface area contributed by atoms with Gasteiger partial charge in [-0.15, -0.1) is 0 Å². The van der Waals surface area contributed by atoms with Gasteiger partial charge in [-0.25, -0.2) is 4.79 Å². The Morgan fingerprint density at radius 2 is 1.61 bits per heavy atom. The minimum Gasteiger partial charge on any atom is -0.475 e. The molecule has 0 radical (unpaired) electrons. The molecule has 0 saturated carbocycles. The Morgan fingerprint density at radius 3 is 2.25 bits per heavy atom. The Bertz CT molecular complexity index is 1310. The maximum Gasteiger partial charge on any atom is 0.490 e. The molecule has 3 N–H and O–H groups in total. The van der Waals surface area contributed by atoms with Crippen LogP contribution in [0.4, 0.5) is 18.9 Å². The predicted octanol–water partition coefficient (Wildman–Crippen LogP) is 2.40. The van der Waals surface area contributed by atoms with Gasteiger partial charge in [0, 0.05) is 31.7 Å². The molecule has 44 heavy (non-hydrogen) atoms. The molecule has 6 rings (SSSR count). The van der Waals surface area contributed by atoms with Crippen LogP contribution in [0.15, 0.2) is 18.2 Å². The van der Waals surface area contributed by atoms with Crippen LogP contribution in [0.2, 0.25) is 0 Å². The molecule has 4 saturated heterocycles. The number of likely N-dealkylation sites (tertiary alicyclic amines) is 1. The zero-order chi connectivity index (χ0) is 31.6. The molecule has 1 spiro atoms. The van der Waals surface area contributed by atoms with Crippen molar-refractivity contribution in [1.82, 2.24) is 20.4 Å². The summed E-state index contributed by atoms with van der Waals surface area (Å²) in [5.41, 5.74) is 1.99. The summed E-state index contributed by atoms with van der Waals surface area (Å²) in [6, 6.07) is 4.59. The Balaban J connectivity index is 0.000000493. The number of hydrogen-bond acceptors (Lipinski definition) is 8. The Morgan fingerprint density at radius 1 is 0.955 bits per heavy atom. The van der Waals surface area contributed by atoms with Gasteiger partial charge in [-0.05, 0) is 101 Å². The number of fused-ring (bicyclic) bond motifs is 1. The number of carboxylic acids is 1. The number of imide groups is 2. The van der Waals surface area contributed by atoms with Crippen molar-refractivity contribution >= 4 is 35.3 Å². The van der Waals surface area contributed by atoms with E-state index >= 15 is 0 Å². The molecule has 240 valence electrons. The van der Waals surface area contributed by atoms with Gasteiger partial charge < -0.3 is 20.2 Å². The maximum absolute atomic E-state index is 13.3. The average molecular weight is 622 g/mol. The van der Waals surface area contributed by atoms with Gasteiger partial charge in [-0.2, -0.15) is 13.2 Å². The number of hydrogen-bond donors (Lipinski definition) is 3. The Labute approximate surface area is 253 Å². The van der Waals surface area contributed by atoms with Crippen molar-refractivity contribution in [2.75, 3.05) is 50.7 Å². The minimum atomic E-state index is -5.08. The van der Waals surface area contributed by atoms with E-state index in [4.69, 9.17) is 9.90 Å². The number of halogens is 3. The monoisotopic (exact) mass is 621 g/mol. The molecular formula is C30H38F3N5O6. The third-order valence-electron chi connectivity index (χ3n) is 9.58. The second-order valence-corrected chi connectivity index (χ2v) is 12.5. The Kier molecular flexibility index (Phi) is 9.30. The van der Waals surface area contributed by atoms with Crippen LogP contribution in [0.1, 0.15) is 72.1 Å². The number of amides is 4. The molecule has 1 aromatic carbocycles. The third-order valence-corrected chi connectivity index (χ3v) is 9.58. The standard InChI is InChI=1S/C28H37N5O4.C2HF3O2/c34-24-5-4-23(25(35)30-24)33-26(36)21-3-2-20(16-22(21)27(33)37)32-13-1-8-28(18-32)9-14-31(15-10-28)17-19-6-11-29-12-7-19;3-2(4,5)1(6)7/h2-3,16,19,23,29H,1,4-15,17-18H2,(H,30,34,35);(H,6,7). The first-order chi connectivity index (χ1) is 20.9. The lowest BCUT2D eigenvalue weighted by Crippen LogP contribution is -2.54. The molecule has 5 aliphatic rings. The first-order valence-electron chi connectivity index (χ1n) is 15.2. The summed E-state index contributed by atoms with van der Waals surface area (Å²) >= 11 is 0. The molecule has 5 aliphatic heterocycles. The molecule has 1 unspecified atom stereocenters. The van der Waals surface area contributed by atoms with E-state index in [-0.39, 0.29) is 18.7 Å². The van der Waals surface area contributed by atoms with Gasteiger partial charge in [0.1, 0.15) is 6.04 Å². The molecular weight excluding hydrogens is 583 g/mol. The lowest BCUT2D eigenvalue weighted by atomic mass is 9.72. The van der Waals surface area contributed by atoms with Crippen LogP contribution in [0.5, 0.6) is 0 Å². The van der Waals surface area contributed by atoms with Crippen molar-refractivity contribution < 1.29 is 42.3 Å². The first-order valence-corrected chi connectivity index (χ1v) is 15.2. The van der Waals surface area contributed by atoms with E-state index in [9.17, 15) is 32.3 Å². The van der Waals surface area contributed by atoms with Gasteiger partial charge in [-0.3, -0.25) is 29.4 Å². The summed E-state index contributed by atoms with van der Waals surface area (Å²) in [6.07, 6.45) is 2.58. The van der Waals surface area contributed by atoms with Crippen molar-refractivity contribution in [2.24, 2.45) is 11.3 Å². The molecule has 0 bridgehead atoms. The quantitative estimate of drug-likeness (QED) is 0.433. The Hall–Kier alpha value is -3.52. The topological polar surface area (TPSA) is 139 Å². The fourth-order valence-corrected chi connectivity index (χ4v) is 7.13. The SMILES string of the molecule is O=C(O)C(F)(F)F.O=C1CCC(N2C(=O)c3ccc(N4CCCC5(CCN(CC6CCNCC6)CC5)C4)cc3C2=O)C(=O)N1. The number of anilines is 1. The smallest absolute Gasteiger partial charge is 0.475 e. The average Bonchev–Trinajstić information content (AvgIpc) is 3.24. The molecule has 1 atom stereocenters. The predicted molar refractivity (Wildman–Crippen MR) is 152 cm³/mol. The summed E-state index contributed by atoms with van der Waals surface area (Å²) in [5, 5.41) is 12.8. The van der Waals surface area contributed by atoms with Crippen molar-refractivity contribution in [3.05, 3.63) is 29.3 Å². The van der Waals surface area contributed by atoms with Crippen LogP contribution in [0, 0.1) is 11.3 Å². The minimum absolute atomic E-state index is 0.125. The number of carboxylic acid groups (broad SMARTS) is 1. The van der Waals surface area contributed by atoms with E-state index < -0.39 is 35.9 Å². The number of nitrogens with one attached hydrogen (secondary N) is 2. The van der Waals surface area contributed by atoms with Gasteiger partial charge in [0.25, 0.3) is 11.8 Å². The number of rotatable bonds is 4. The summed E-state index contributed by atoms with van der Waals surface area (Å²) < 4.78 is 31.7. The number of nitrogens with zero attached hydrogens (tertiary/aromatic N) is 3. The fourth-order valence-electron chi connectivity index (χ4n) is 7.13. The van der Waals surface area contributed by atoms with Crippen LogP contribution < -0.4 is 15.5 Å². The number of carbonyl (C=O) groups excluding carboxylic acids is 4. The van der Waals surface area contributed by atoms with Crippen molar-refractivity contribution in [2.45, 2.75) is 63.6 Å². The second-order valence-electron chi connectivity index (χ2n) is 12.5. The summed E-state index contributed by atoms with van der Waals surface area (Å²) in [7, 11) is 0. The number of carbonyl (C=O) groups is 5. The number of aliphatic carboxylic acids is 1. The zero-order valence-corrected chi connectivity index (χ0v) is 24.5. The van der Waals surface area contributed by atoms with Gasteiger partial charge >= 0.3 is 12.1 Å². The summed E-state index contributed by atoms with van der Waals surface area (Å²) in [5.74, 6) is -3.75. The van der Waals surface area contributed by atoms with Gasteiger partial charge in [0.15, 0.2) is 0 Å². The van der Waals surface area contributed by atoms with E-state index in [0.717, 1.165) is 62.2 Å². The highest BCUT2D eigenvalue weighted by atomic mass is 19.4. The van der Waals surface area contributed by atoms with Gasteiger partial charge in [-0.1, -0.05) is 0 Å². The highest BCUT2D eigenvalue weighted by molar-refractivity contribution is 6.23. The van der Waals surface area contributed by atoms with Crippen LogP contribution in [0.3, 0.4) is 0 Å². The largest absolute Gasteiger partial charge is 0.490 e. The van der Waals surface area contributed by atoms with Crippen molar-refractivity contribution in [3.8, 4) is 0 Å². The van der Waals surface area contributed by atoms with Crippen LogP contribution in [-0.4, -0.2) is 103 Å². The van der Waals surface area contributed by atoms with E-state index in [0.29, 0.717) is 16.5 Å². The number of benzene rings is 1. The second kappa shape index (κ2) is 12.8. The zero-order valence-electron chi connectivity index (χ0n) is 24.5. The highest BCUT2D eigenvalue weighted by Crippen LogP contribution is 2.42. The van der Waals surface area contributed by atoms with Crippen LogP contribution in [-0.2, 0) is 14.4 Å². The van der Waals surface area contributed by atoms with E-state index in [1.807, 2.05) is 12.1 Å². The van der Waals surface area contributed by atoms with Crippen LogP contribution in [0.25, 0.3) is 0 Å². The van der Waals surface area contributed by atoms with Crippen LogP contribution >= 0.6 is 0 Å². The molecule has 5 heterocycles. The molecule has 0 aromatic heterocycles. The molecule has 0 aliphatic carbocycles. The van der Waals surface area contributed by atoms with Crippen molar-refractivity contribution in [1.29, 1.82) is 0 Å². The summed E-state index contributed by atoms with van der Waals surface area (Å²) in [4.78, 5) is 65.2.